The molecule has 0 aliphatic rings. The van der Waals surface area contributed by atoms with Crippen molar-refractivity contribution in [3.05, 3.63) is 5.82 Å². The van der Waals surface area contributed by atoms with Gasteiger partial charge in [-0.25, -0.2) is 4.68 Å². The normalized spacial score (nSPS) is 13.9. The smallest absolute Gasteiger partial charge is 0.308 e. The van der Waals surface area contributed by atoms with E-state index in [-0.39, 0.29) is 19.0 Å². The molecule has 0 aliphatic heterocycles. The van der Waals surface area contributed by atoms with E-state index in [2.05, 4.69) is 20.8 Å². The van der Waals surface area contributed by atoms with Crippen LogP contribution in [-0.2, 0) is 6.54 Å². The molecule has 1 aromatic rings. The second-order valence-electron chi connectivity index (χ2n) is 3.76. The van der Waals surface area contributed by atoms with E-state index < -0.39 is 12.6 Å². The number of aromatic nitrogens is 4. The number of hydrogen-bond donors (Lipinski definition) is 1. The summed E-state index contributed by atoms with van der Waals surface area (Å²) in [6, 6.07) is -0.0686. The van der Waals surface area contributed by atoms with Gasteiger partial charge in [0.05, 0.1) is 6.04 Å². The number of rotatable bonds is 6. The van der Waals surface area contributed by atoms with Crippen LogP contribution in [0.15, 0.2) is 0 Å². The van der Waals surface area contributed by atoms with Crippen LogP contribution in [0.5, 0.6) is 0 Å². The Morgan fingerprint density at radius 3 is 2.71 bits per heavy atom. The van der Waals surface area contributed by atoms with Crippen molar-refractivity contribution in [2.45, 2.75) is 45.5 Å². The molecule has 1 N–H and O–H groups in total. The van der Waals surface area contributed by atoms with Gasteiger partial charge in [-0.15, -0.1) is 5.10 Å². The van der Waals surface area contributed by atoms with Gasteiger partial charge in [-0.3, -0.25) is 0 Å². The van der Waals surface area contributed by atoms with Gasteiger partial charge in [0.1, 0.15) is 0 Å². The number of halogens is 3. The molecule has 1 unspecified atom stereocenters. The highest BCUT2D eigenvalue weighted by Crippen LogP contribution is 2.21. The molecule has 5 nitrogen and oxygen atoms in total. The fourth-order valence-electron chi connectivity index (χ4n) is 1.51. The second kappa shape index (κ2) is 5.95. The second-order valence-corrected chi connectivity index (χ2v) is 3.76. The van der Waals surface area contributed by atoms with E-state index in [0.717, 1.165) is 6.54 Å². The standard InChI is InChI=1S/C9H16F3N5/c1-3-13-7(2)8-14-15-16-17(8)6-4-5-9(10,11)12/h7,13H,3-6H2,1-2H3. The lowest BCUT2D eigenvalue weighted by Crippen LogP contribution is -2.22. The maximum absolute atomic E-state index is 12.0. The largest absolute Gasteiger partial charge is 0.389 e. The number of nitrogens with one attached hydrogen (secondary N) is 1. The first kappa shape index (κ1) is 13.9. The molecule has 0 aromatic carbocycles. The highest BCUT2D eigenvalue weighted by molar-refractivity contribution is 4.89. The summed E-state index contributed by atoms with van der Waals surface area (Å²) >= 11 is 0. The molecule has 0 aliphatic carbocycles. The van der Waals surface area contributed by atoms with Crippen LogP contribution >= 0.6 is 0 Å². The SMILES string of the molecule is CCNC(C)c1nnnn1CCCC(F)(F)F. The fourth-order valence-corrected chi connectivity index (χ4v) is 1.51. The van der Waals surface area contributed by atoms with Crippen molar-refractivity contribution in [1.82, 2.24) is 25.5 Å². The molecule has 0 saturated heterocycles. The molecule has 1 atom stereocenters. The highest BCUT2D eigenvalue weighted by Gasteiger charge is 2.26. The summed E-state index contributed by atoms with van der Waals surface area (Å²) in [6.07, 6.45) is -4.95. The summed E-state index contributed by atoms with van der Waals surface area (Å²) in [6.45, 7) is 4.73. The minimum atomic E-state index is -4.12. The van der Waals surface area contributed by atoms with Gasteiger partial charge in [0, 0.05) is 13.0 Å². The molecule has 1 aromatic heterocycles. The molecule has 1 heterocycles. The zero-order valence-electron chi connectivity index (χ0n) is 9.83. The fraction of sp³-hybridized carbons (Fsp3) is 0.889. The van der Waals surface area contributed by atoms with E-state index in [1.807, 2.05) is 13.8 Å². The molecule has 0 bridgehead atoms. The van der Waals surface area contributed by atoms with Gasteiger partial charge in [0.25, 0.3) is 0 Å². The van der Waals surface area contributed by atoms with Crippen molar-refractivity contribution < 1.29 is 13.2 Å². The van der Waals surface area contributed by atoms with Crippen LogP contribution in [-0.4, -0.2) is 32.9 Å². The van der Waals surface area contributed by atoms with Gasteiger partial charge in [0.2, 0.25) is 0 Å². The molecule has 8 heteroatoms. The molecule has 0 saturated carbocycles. The summed E-state index contributed by atoms with van der Waals surface area (Å²) in [7, 11) is 0. The minimum Gasteiger partial charge on any atom is -0.308 e. The van der Waals surface area contributed by atoms with Crippen molar-refractivity contribution >= 4 is 0 Å². The first-order valence-corrected chi connectivity index (χ1v) is 5.50. The third-order valence-corrected chi connectivity index (χ3v) is 2.29. The van der Waals surface area contributed by atoms with Crippen molar-refractivity contribution in [1.29, 1.82) is 0 Å². The molecule has 0 fully saturated rings. The average Bonchev–Trinajstić information content (AvgIpc) is 2.64. The Morgan fingerprint density at radius 1 is 1.41 bits per heavy atom. The van der Waals surface area contributed by atoms with Crippen molar-refractivity contribution in [2.24, 2.45) is 0 Å². The van der Waals surface area contributed by atoms with E-state index in [1.165, 1.54) is 4.68 Å². The number of nitrogens with zero attached hydrogens (tertiary/aromatic N) is 4. The molecule has 0 radical (unpaired) electrons. The summed E-state index contributed by atoms with van der Waals surface area (Å²) in [5, 5.41) is 14.1. The van der Waals surface area contributed by atoms with Crippen molar-refractivity contribution in [3.8, 4) is 0 Å². The zero-order chi connectivity index (χ0) is 12.9. The summed E-state index contributed by atoms with van der Waals surface area (Å²) < 4.78 is 37.4. The van der Waals surface area contributed by atoms with Gasteiger partial charge in [-0.05, 0) is 30.3 Å². The molecule has 17 heavy (non-hydrogen) atoms. The Balaban J connectivity index is 2.51. The van der Waals surface area contributed by atoms with Gasteiger partial charge in [0.15, 0.2) is 5.82 Å². The van der Waals surface area contributed by atoms with Crippen LogP contribution in [0.2, 0.25) is 0 Å². The third kappa shape index (κ3) is 4.68. The molecule has 1 rings (SSSR count). The van der Waals surface area contributed by atoms with Crippen LogP contribution in [0.4, 0.5) is 13.2 Å². The topological polar surface area (TPSA) is 55.6 Å². The lowest BCUT2D eigenvalue weighted by Gasteiger charge is -2.12. The summed E-state index contributed by atoms with van der Waals surface area (Å²) in [4.78, 5) is 0. The Labute approximate surface area is 97.4 Å². The lowest BCUT2D eigenvalue weighted by molar-refractivity contribution is -0.136. The van der Waals surface area contributed by atoms with E-state index in [1.54, 1.807) is 0 Å². The number of hydrogen-bond acceptors (Lipinski definition) is 4. The van der Waals surface area contributed by atoms with Gasteiger partial charge >= 0.3 is 6.18 Å². The van der Waals surface area contributed by atoms with Gasteiger partial charge < -0.3 is 5.32 Å². The Morgan fingerprint density at radius 2 is 2.12 bits per heavy atom. The number of alkyl halides is 3. The maximum Gasteiger partial charge on any atom is 0.389 e. The Bertz CT molecular complexity index is 336. The van der Waals surface area contributed by atoms with E-state index in [9.17, 15) is 13.2 Å². The van der Waals surface area contributed by atoms with E-state index in [0.29, 0.717) is 5.82 Å². The van der Waals surface area contributed by atoms with Gasteiger partial charge in [-0.2, -0.15) is 13.2 Å². The number of tetrazole rings is 1. The Hall–Kier alpha value is -1.18. The first-order chi connectivity index (χ1) is 7.94. The zero-order valence-corrected chi connectivity index (χ0v) is 9.83. The van der Waals surface area contributed by atoms with Crippen molar-refractivity contribution in [3.63, 3.8) is 0 Å². The predicted octanol–water partition coefficient (Wildman–Crippen LogP) is 1.69. The molecular formula is C9H16F3N5. The van der Waals surface area contributed by atoms with Crippen LogP contribution in [0, 0.1) is 0 Å². The van der Waals surface area contributed by atoms with Crippen LogP contribution in [0.3, 0.4) is 0 Å². The van der Waals surface area contributed by atoms with Crippen LogP contribution in [0.25, 0.3) is 0 Å². The number of aryl methyl sites for hydroxylation is 1. The summed E-state index contributed by atoms with van der Waals surface area (Å²) in [5.41, 5.74) is 0. The minimum absolute atomic E-state index is 0.0135. The highest BCUT2D eigenvalue weighted by atomic mass is 19.4. The first-order valence-electron chi connectivity index (χ1n) is 5.50. The molecular weight excluding hydrogens is 235 g/mol. The lowest BCUT2D eigenvalue weighted by atomic mass is 10.3. The monoisotopic (exact) mass is 251 g/mol. The predicted molar refractivity (Wildman–Crippen MR) is 55.2 cm³/mol. The molecule has 0 spiro atoms. The van der Waals surface area contributed by atoms with E-state index >= 15 is 0 Å². The quantitative estimate of drug-likeness (QED) is 0.835. The maximum atomic E-state index is 12.0. The van der Waals surface area contributed by atoms with Crippen LogP contribution < -0.4 is 5.32 Å². The molecule has 98 valence electrons. The third-order valence-electron chi connectivity index (χ3n) is 2.29. The van der Waals surface area contributed by atoms with Crippen LogP contribution in [0.1, 0.15) is 38.6 Å². The van der Waals surface area contributed by atoms with E-state index in [4.69, 9.17) is 0 Å². The Kier molecular flexibility index (Phi) is 4.86. The average molecular weight is 251 g/mol. The van der Waals surface area contributed by atoms with Crippen molar-refractivity contribution in [2.75, 3.05) is 6.54 Å². The van der Waals surface area contributed by atoms with Gasteiger partial charge in [-0.1, -0.05) is 6.92 Å². The molecule has 0 amide bonds. The summed E-state index contributed by atoms with van der Waals surface area (Å²) in [5.74, 6) is 0.564.